The minimum atomic E-state index is -0.233. The molecular formula is C13H22N2O. The molecule has 3 nitrogen and oxygen atoms in total. The summed E-state index contributed by atoms with van der Waals surface area (Å²) in [6.45, 7) is 6.38. The van der Waals surface area contributed by atoms with Crippen LogP contribution in [0.2, 0.25) is 0 Å². The number of nitrogens with zero attached hydrogens (tertiary/aromatic N) is 2. The van der Waals surface area contributed by atoms with E-state index in [2.05, 4.69) is 25.9 Å². The van der Waals surface area contributed by atoms with Gasteiger partial charge in [-0.1, -0.05) is 6.92 Å². The maximum atomic E-state index is 10.1. The molecule has 0 aliphatic heterocycles. The zero-order chi connectivity index (χ0) is 11.7. The highest BCUT2D eigenvalue weighted by atomic mass is 16.3. The SMILES string of the molecule is CC(C(O)Cc1ccn(C(C)C)n1)C1CC1. The molecular weight excluding hydrogens is 200 g/mol. The van der Waals surface area contributed by atoms with Crippen LogP contribution in [-0.2, 0) is 6.42 Å². The first-order chi connectivity index (χ1) is 7.58. The predicted octanol–water partition coefficient (Wildman–Crippen LogP) is 2.41. The quantitative estimate of drug-likeness (QED) is 0.830. The molecule has 0 saturated heterocycles. The van der Waals surface area contributed by atoms with Gasteiger partial charge < -0.3 is 5.11 Å². The highest BCUT2D eigenvalue weighted by Crippen LogP contribution is 2.38. The second-order valence-corrected chi connectivity index (χ2v) is 5.35. The Hall–Kier alpha value is -0.830. The summed E-state index contributed by atoms with van der Waals surface area (Å²) < 4.78 is 1.95. The Morgan fingerprint density at radius 1 is 1.44 bits per heavy atom. The van der Waals surface area contributed by atoms with Gasteiger partial charge in [-0.3, -0.25) is 4.68 Å². The molecule has 2 unspecified atom stereocenters. The van der Waals surface area contributed by atoms with Crippen molar-refractivity contribution in [2.24, 2.45) is 11.8 Å². The van der Waals surface area contributed by atoms with E-state index in [4.69, 9.17) is 0 Å². The molecule has 0 amide bonds. The fourth-order valence-electron chi connectivity index (χ4n) is 2.11. The average molecular weight is 222 g/mol. The average Bonchev–Trinajstić information content (AvgIpc) is 2.97. The van der Waals surface area contributed by atoms with Crippen LogP contribution in [0.25, 0.3) is 0 Å². The van der Waals surface area contributed by atoms with E-state index in [0.717, 1.165) is 11.6 Å². The van der Waals surface area contributed by atoms with Crippen LogP contribution in [0.15, 0.2) is 12.3 Å². The van der Waals surface area contributed by atoms with Gasteiger partial charge in [0.2, 0.25) is 0 Å². The summed E-state index contributed by atoms with van der Waals surface area (Å²) in [5, 5.41) is 14.5. The van der Waals surface area contributed by atoms with Crippen molar-refractivity contribution in [2.45, 2.75) is 52.2 Å². The molecule has 0 spiro atoms. The molecule has 2 rings (SSSR count). The minimum Gasteiger partial charge on any atom is -0.392 e. The summed E-state index contributed by atoms with van der Waals surface area (Å²) in [7, 11) is 0. The Kier molecular flexibility index (Phi) is 3.33. The van der Waals surface area contributed by atoms with E-state index in [1.54, 1.807) is 0 Å². The lowest BCUT2D eigenvalue weighted by Crippen LogP contribution is -2.22. The van der Waals surface area contributed by atoms with E-state index in [1.807, 2.05) is 16.9 Å². The zero-order valence-corrected chi connectivity index (χ0v) is 10.4. The summed E-state index contributed by atoms with van der Waals surface area (Å²) >= 11 is 0. The Labute approximate surface area is 97.5 Å². The largest absolute Gasteiger partial charge is 0.392 e. The smallest absolute Gasteiger partial charge is 0.0650 e. The van der Waals surface area contributed by atoms with Gasteiger partial charge in [0.15, 0.2) is 0 Å². The van der Waals surface area contributed by atoms with Crippen molar-refractivity contribution in [3.8, 4) is 0 Å². The van der Waals surface area contributed by atoms with E-state index < -0.39 is 0 Å². The summed E-state index contributed by atoms with van der Waals surface area (Å²) in [4.78, 5) is 0. The fraction of sp³-hybridized carbons (Fsp3) is 0.769. The molecule has 2 atom stereocenters. The van der Waals surface area contributed by atoms with Gasteiger partial charge in [0.25, 0.3) is 0 Å². The summed E-state index contributed by atoms with van der Waals surface area (Å²) in [5.41, 5.74) is 1.01. The molecule has 16 heavy (non-hydrogen) atoms. The van der Waals surface area contributed by atoms with Gasteiger partial charge in [0, 0.05) is 18.7 Å². The molecule has 1 N–H and O–H groups in total. The molecule has 1 saturated carbocycles. The first-order valence-corrected chi connectivity index (χ1v) is 6.30. The van der Waals surface area contributed by atoms with Crippen LogP contribution in [0.4, 0.5) is 0 Å². The standard InChI is InChI=1S/C13H22N2O/c1-9(2)15-7-6-12(14-15)8-13(16)10(3)11-4-5-11/h6-7,9-11,13,16H,4-5,8H2,1-3H3. The second kappa shape index (κ2) is 4.58. The molecule has 90 valence electrons. The predicted molar refractivity (Wildman–Crippen MR) is 64.2 cm³/mol. The summed E-state index contributed by atoms with van der Waals surface area (Å²) in [5.74, 6) is 1.17. The van der Waals surface area contributed by atoms with Crippen molar-refractivity contribution in [3.05, 3.63) is 18.0 Å². The molecule has 1 aromatic heterocycles. The zero-order valence-electron chi connectivity index (χ0n) is 10.4. The molecule has 0 aromatic carbocycles. The van der Waals surface area contributed by atoms with Crippen LogP contribution in [0.1, 0.15) is 45.3 Å². The lowest BCUT2D eigenvalue weighted by molar-refractivity contribution is 0.104. The summed E-state index contributed by atoms with van der Waals surface area (Å²) in [6.07, 6.45) is 5.03. The van der Waals surface area contributed by atoms with Crippen LogP contribution in [-0.4, -0.2) is 21.0 Å². The van der Waals surface area contributed by atoms with E-state index in [1.165, 1.54) is 12.8 Å². The number of aliphatic hydroxyl groups excluding tert-OH is 1. The number of hydrogen-bond donors (Lipinski definition) is 1. The molecule has 1 fully saturated rings. The van der Waals surface area contributed by atoms with Crippen molar-refractivity contribution >= 4 is 0 Å². The van der Waals surface area contributed by atoms with Crippen LogP contribution in [0, 0.1) is 11.8 Å². The van der Waals surface area contributed by atoms with E-state index in [0.29, 0.717) is 18.4 Å². The maximum Gasteiger partial charge on any atom is 0.0650 e. The lowest BCUT2D eigenvalue weighted by Gasteiger charge is -2.17. The Morgan fingerprint density at radius 2 is 2.12 bits per heavy atom. The lowest BCUT2D eigenvalue weighted by atomic mass is 9.96. The van der Waals surface area contributed by atoms with Crippen molar-refractivity contribution in [1.29, 1.82) is 0 Å². The molecule has 0 radical (unpaired) electrons. The third-order valence-corrected chi connectivity index (χ3v) is 3.58. The highest BCUT2D eigenvalue weighted by Gasteiger charge is 2.32. The van der Waals surface area contributed by atoms with Crippen LogP contribution >= 0.6 is 0 Å². The number of aromatic nitrogens is 2. The van der Waals surface area contributed by atoms with Gasteiger partial charge in [-0.25, -0.2) is 0 Å². The fourth-order valence-corrected chi connectivity index (χ4v) is 2.11. The molecule has 3 heteroatoms. The third-order valence-electron chi connectivity index (χ3n) is 3.58. The number of rotatable bonds is 5. The van der Waals surface area contributed by atoms with Crippen molar-refractivity contribution in [1.82, 2.24) is 9.78 Å². The van der Waals surface area contributed by atoms with Crippen LogP contribution < -0.4 is 0 Å². The first kappa shape index (κ1) is 11.6. The normalized spacial score (nSPS) is 20.1. The summed E-state index contributed by atoms with van der Waals surface area (Å²) in [6, 6.07) is 2.41. The number of aliphatic hydroxyl groups is 1. The van der Waals surface area contributed by atoms with Gasteiger partial charge in [0.1, 0.15) is 0 Å². The minimum absolute atomic E-state index is 0.233. The third kappa shape index (κ3) is 2.64. The van der Waals surface area contributed by atoms with Gasteiger partial charge >= 0.3 is 0 Å². The monoisotopic (exact) mass is 222 g/mol. The highest BCUT2D eigenvalue weighted by molar-refractivity contribution is 5.02. The van der Waals surface area contributed by atoms with Crippen molar-refractivity contribution in [3.63, 3.8) is 0 Å². The molecule has 0 bridgehead atoms. The Morgan fingerprint density at radius 3 is 2.62 bits per heavy atom. The van der Waals surface area contributed by atoms with Gasteiger partial charge in [-0.05, 0) is 44.6 Å². The molecule has 1 aromatic rings. The van der Waals surface area contributed by atoms with Gasteiger partial charge in [0.05, 0.1) is 11.8 Å². The van der Waals surface area contributed by atoms with Crippen molar-refractivity contribution in [2.75, 3.05) is 0 Å². The molecule has 1 aliphatic rings. The maximum absolute atomic E-state index is 10.1. The molecule has 1 aliphatic carbocycles. The van der Waals surface area contributed by atoms with Crippen LogP contribution in [0.5, 0.6) is 0 Å². The first-order valence-electron chi connectivity index (χ1n) is 6.30. The second-order valence-electron chi connectivity index (χ2n) is 5.35. The topological polar surface area (TPSA) is 38.0 Å². The van der Waals surface area contributed by atoms with E-state index in [-0.39, 0.29) is 6.10 Å². The van der Waals surface area contributed by atoms with E-state index >= 15 is 0 Å². The number of hydrogen-bond acceptors (Lipinski definition) is 2. The van der Waals surface area contributed by atoms with Crippen LogP contribution in [0.3, 0.4) is 0 Å². The van der Waals surface area contributed by atoms with Crippen molar-refractivity contribution < 1.29 is 5.11 Å². The Bertz CT molecular complexity index is 341. The Balaban J connectivity index is 1.91. The van der Waals surface area contributed by atoms with Gasteiger partial charge in [-0.2, -0.15) is 5.10 Å². The van der Waals surface area contributed by atoms with Gasteiger partial charge in [-0.15, -0.1) is 0 Å². The molecule has 1 heterocycles. The van der Waals surface area contributed by atoms with E-state index in [9.17, 15) is 5.11 Å².